The Morgan fingerprint density at radius 2 is 1.88 bits per heavy atom. The van der Waals surface area contributed by atoms with Crippen molar-refractivity contribution in [3.05, 3.63) is 48.0 Å². The van der Waals surface area contributed by atoms with Crippen molar-refractivity contribution in [2.24, 2.45) is 5.73 Å². The fraction of sp³-hybridized carbons (Fsp3) is 0.286. The van der Waals surface area contributed by atoms with Gasteiger partial charge in [0, 0.05) is 28.3 Å². The van der Waals surface area contributed by atoms with Crippen molar-refractivity contribution in [3.63, 3.8) is 0 Å². The van der Waals surface area contributed by atoms with E-state index in [2.05, 4.69) is 18.2 Å². The molecule has 3 heteroatoms. The van der Waals surface area contributed by atoms with Crippen LogP contribution in [0.15, 0.2) is 42.5 Å². The third kappa shape index (κ3) is 3.14. The van der Waals surface area contributed by atoms with E-state index in [0.29, 0.717) is 11.5 Å². The Kier molecular flexibility index (Phi) is 3.92. The minimum absolute atomic E-state index is 0.00851. The zero-order chi connectivity index (χ0) is 12.3. The van der Waals surface area contributed by atoms with Crippen LogP contribution in [0.4, 0.5) is 0 Å². The van der Waals surface area contributed by atoms with E-state index in [4.69, 9.17) is 5.73 Å². The second-order valence-corrected chi connectivity index (χ2v) is 5.87. The van der Waals surface area contributed by atoms with E-state index in [-0.39, 0.29) is 6.04 Å². The van der Waals surface area contributed by atoms with Crippen LogP contribution in [0.25, 0.3) is 10.8 Å². The van der Waals surface area contributed by atoms with Crippen LogP contribution in [0, 0.1) is 0 Å². The zero-order valence-corrected chi connectivity index (χ0v) is 10.7. The van der Waals surface area contributed by atoms with Crippen molar-refractivity contribution in [1.29, 1.82) is 0 Å². The van der Waals surface area contributed by atoms with Crippen molar-refractivity contribution < 1.29 is 4.21 Å². The molecular weight excluding hydrogens is 230 g/mol. The first-order valence-electron chi connectivity index (χ1n) is 5.74. The highest BCUT2D eigenvalue weighted by molar-refractivity contribution is 7.84. The quantitative estimate of drug-likeness (QED) is 0.901. The minimum Gasteiger partial charge on any atom is -0.327 e. The Morgan fingerprint density at radius 3 is 2.65 bits per heavy atom. The molecule has 2 nitrogen and oxygen atoms in total. The summed E-state index contributed by atoms with van der Waals surface area (Å²) < 4.78 is 11.9. The van der Waals surface area contributed by atoms with Gasteiger partial charge in [-0.1, -0.05) is 42.5 Å². The molecule has 90 valence electrons. The van der Waals surface area contributed by atoms with E-state index < -0.39 is 10.8 Å². The van der Waals surface area contributed by atoms with Gasteiger partial charge in [0.05, 0.1) is 0 Å². The normalized spacial score (nSPS) is 14.7. The van der Waals surface area contributed by atoms with E-state index in [1.54, 1.807) is 0 Å². The zero-order valence-electron chi connectivity index (χ0n) is 9.93. The summed E-state index contributed by atoms with van der Waals surface area (Å²) in [7, 11) is -0.882. The van der Waals surface area contributed by atoms with Crippen LogP contribution in [0.1, 0.15) is 12.5 Å². The summed E-state index contributed by atoms with van der Waals surface area (Å²) in [6.07, 6.45) is 0. The second kappa shape index (κ2) is 5.43. The van der Waals surface area contributed by atoms with Crippen LogP contribution >= 0.6 is 0 Å². The highest BCUT2D eigenvalue weighted by Crippen LogP contribution is 2.19. The molecule has 2 N–H and O–H groups in total. The third-order valence-electron chi connectivity index (χ3n) is 2.65. The molecule has 0 fully saturated rings. The van der Waals surface area contributed by atoms with Gasteiger partial charge in [0.15, 0.2) is 0 Å². The summed E-state index contributed by atoms with van der Waals surface area (Å²) in [4.78, 5) is 0. The number of fused-ring (bicyclic) bond motifs is 1. The monoisotopic (exact) mass is 247 g/mol. The number of rotatable bonds is 4. The molecule has 2 unspecified atom stereocenters. The number of hydrogen-bond acceptors (Lipinski definition) is 2. The van der Waals surface area contributed by atoms with Crippen molar-refractivity contribution >= 4 is 21.6 Å². The standard InChI is InChI=1S/C14H17NOS/c1-11(15)9-17(16)10-13-7-4-6-12-5-2-3-8-14(12)13/h2-8,11H,9-10,15H2,1H3. The van der Waals surface area contributed by atoms with Gasteiger partial charge in [-0.3, -0.25) is 4.21 Å². The molecule has 0 heterocycles. The van der Waals surface area contributed by atoms with Crippen molar-refractivity contribution in [1.82, 2.24) is 0 Å². The van der Waals surface area contributed by atoms with Gasteiger partial charge in [-0.15, -0.1) is 0 Å². The number of benzene rings is 2. The van der Waals surface area contributed by atoms with Gasteiger partial charge in [0.2, 0.25) is 0 Å². The average molecular weight is 247 g/mol. The van der Waals surface area contributed by atoms with Gasteiger partial charge in [-0.05, 0) is 23.3 Å². The predicted molar refractivity (Wildman–Crippen MR) is 74.3 cm³/mol. The smallest absolute Gasteiger partial charge is 0.0492 e. The molecule has 0 saturated carbocycles. The first-order valence-corrected chi connectivity index (χ1v) is 7.23. The van der Waals surface area contributed by atoms with E-state index in [1.807, 2.05) is 31.2 Å². The number of hydrogen-bond donors (Lipinski definition) is 1. The lowest BCUT2D eigenvalue weighted by Crippen LogP contribution is -2.23. The molecule has 17 heavy (non-hydrogen) atoms. The number of nitrogens with two attached hydrogens (primary N) is 1. The molecule has 0 spiro atoms. The molecule has 0 bridgehead atoms. The first kappa shape index (κ1) is 12.3. The summed E-state index contributed by atoms with van der Waals surface area (Å²) in [5.41, 5.74) is 6.81. The highest BCUT2D eigenvalue weighted by atomic mass is 32.2. The van der Waals surface area contributed by atoms with Gasteiger partial charge in [-0.25, -0.2) is 0 Å². The van der Waals surface area contributed by atoms with Crippen molar-refractivity contribution in [2.45, 2.75) is 18.7 Å². The lowest BCUT2D eigenvalue weighted by Gasteiger charge is -2.08. The Balaban J connectivity index is 2.27. The molecule has 2 rings (SSSR count). The summed E-state index contributed by atoms with van der Waals surface area (Å²) in [6.45, 7) is 1.89. The summed E-state index contributed by atoms with van der Waals surface area (Å²) >= 11 is 0. The van der Waals surface area contributed by atoms with Gasteiger partial charge in [0.25, 0.3) is 0 Å². The molecule has 0 radical (unpaired) electrons. The predicted octanol–water partition coefficient (Wildman–Crippen LogP) is 2.44. The summed E-state index contributed by atoms with van der Waals surface area (Å²) in [5, 5.41) is 2.39. The molecule has 2 aromatic rings. The van der Waals surface area contributed by atoms with E-state index in [9.17, 15) is 4.21 Å². The maximum atomic E-state index is 11.9. The average Bonchev–Trinajstić information content (AvgIpc) is 2.28. The summed E-state index contributed by atoms with van der Waals surface area (Å²) in [5.74, 6) is 1.14. The Hall–Kier alpha value is -1.19. The minimum atomic E-state index is -0.882. The third-order valence-corrected chi connectivity index (χ3v) is 4.18. The van der Waals surface area contributed by atoms with Gasteiger partial charge in [-0.2, -0.15) is 0 Å². The fourth-order valence-corrected chi connectivity index (χ4v) is 3.25. The van der Waals surface area contributed by atoms with Crippen LogP contribution in [0.5, 0.6) is 0 Å². The molecule has 0 aliphatic carbocycles. The molecule has 0 aliphatic rings. The fourth-order valence-electron chi connectivity index (χ4n) is 1.94. The SMILES string of the molecule is CC(N)CS(=O)Cc1cccc2ccccc12. The maximum absolute atomic E-state index is 11.9. The first-order chi connectivity index (χ1) is 8.16. The van der Waals surface area contributed by atoms with E-state index in [0.717, 1.165) is 5.56 Å². The van der Waals surface area contributed by atoms with Crippen LogP contribution < -0.4 is 5.73 Å². The van der Waals surface area contributed by atoms with Gasteiger partial charge >= 0.3 is 0 Å². The molecule has 0 aliphatic heterocycles. The Bertz CT molecular complexity index is 531. The Morgan fingerprint density at radius 1 is 1.18 bits per heavy atom. The molecule has 0 amide bonds. The van der Waals surface area contributed by atoms with Crippen molar-refractivity contribution in [2.75, 3.05) is 5.75 Å². The lowest BCUT2D eigenvalue weighted by molar-refractivity contribution is 0.676. The van der Waals surface area contributed by atoms with Gasteiger partial charge in [0.1, 0.15) is 0 Å². The van der Waals surface area contributed by atoms with Crippen LogP contribution in [0.3, 0.4) is 0 Å². The van der Waals surface area contributed by atoms with E-state index in [1.165, 1.54) is 10.8 Å². The molecule has 2 atom stereocenters. The van der Waals surface area contributed by atoms with Crippen molar-refractivity contribution in [3.8, 4) is 0 Å². The highest BCUT2D eigenvalue weighted by Gasteiger charge is 2.07. The topological polar surface area (TPSA) is 43.1 Å². The molecular formula is C14H17NOS. The van der Waals surface area contributed by atoms with Gasteiger partial charge < -0.3 is 5.73 Å². The molecule has 2 aromatic carbocycles. The lowest BCUT2D eigenvalue weighted by atomic mass is 10.1. The van der Waals surface area contributed by atoms with Crippen LogP contribution in [0.2, 0.25) is 0 Å². The van der Waals surface area contributed by atoms with Crippen LogP contribution in [-0.4, -0.2) is 16.0 Å². The second-order valence-electron chi connectivity index (χ2n) is 4.37. The largest absolute Gasteiger partial charge is 0.327 e. The summed E-state index contributed by atoms with van der Waals surface area (Å²) in [6, 6.07) is 14.3. The Labute approximate surface area is 104 Å². The van der Waals surface area contributed by atoms with Crippen LogP contribution in [-0.2, 0) is 16.6 Å². The van der Waals surface area contributed by atoms with E-state index >= 15 is 0 Å². The molecule has 0 aromatic heterocycles. The maximum Gasteiger partial charge on any atom is 0.0492 e. The molecule has 0 saturated heterocycles.